The molecular weight excluding hydrogens is 391 g/mol. The first-order valence-electron chi connectivity index (χ1n) is 7.84. The molecule has 7 nitrogen and oxygen atoms in total. The lowest BCUT2D eigenvalue weighted by Gasteiger charge is -2.00. The zero-order valence-electron chi connectivity index (χ0n) is 14.2. The average molecular weight is 403 g/mol. The number of fused-ring (bicyclic) bond motifs is 1. The molecule has 4 rings (SSSR count). The molecule has 0 aliphatic heterocycles. The summed E-state index contributed by atoms with van der Waals surface area (Å²) >= 11 is 7.27. The van der Waals surface area contributed by atoms with E-state index in [1.165, 1.54) is 28.0 Å². The molecule has 0 bridgehead atoms. The number of hydrogen-bond acceptors (Lipinski definition) is 6. The fraction of sp³-hybridized carbons (Fsp3) is 0.118. The lowest BCUT2D eigenvalue weighted by Crippen LogP contribution is -2.13. The second kappa shape index (κ2) is 6.67. The summed E-state index contributed by atoms with van der Waals surface area (Å²) in [5.41, 5.74) is 2.74. The van der Waals surface area contributed by atoms with Gasteiger partial charge in [-0.1, -0.05) is 11.6 Å². The van der Waals surface area contributed by atoms with Crippen LogP contribution in [-0.2, 0) is 0 Å². The molecule has 1 amide bonds. The Kier molecular flexibility index (Phi) is 4.33. The van der Waals surface area contributed by atoms with Crippen LogP contribution >= 0.6 is 22.9 Å². The molecule has 0 unspecified atom stereocenters. The zero-order valence-corrected chi connectivity index (χ0v) is 15.8. The third-order valence-corrected chi connectivity index (χ3v) is 4.82. The van der Waals surface area contributed by atoms with Crippen molar-refractivity contribution < 1.29 is 9.18 Å². The van der Waals surface area contributed by atoms with Crippen LogP contribution in [0.5, 0.6) is 0 Å². The predicted octanol–water partition coefficient (Wildman–Crippen LogP) is 3.91. The van der Waals surface area contributed by atoms with E-state index in [1.807, 2.05) is 19.9 Å². The quantitative estimate of drug-likeness (QED) is 0.561. The van der Waals surface area contributed by atoms with Crippen molar-refractivity contribution in [2.24, 2.45) is 0 Å². The molecule has 10 heteroatoms. The molecule has 0 aliphatic rings. The first-order valence-corrected chi connectivity index (χ1v) is 9.10. The molecule has 1 aromatic carbocycles. The van der Waals surface area contributed by atoms with Crippen molar-refractivity contribution in [1.82, 2.24) is 24.6 Å². The van der Waals surface area contributed by atoms with Crippen molar-refractivity contribution in [3.05, 3.63) is 57.7 Å². The number of benzene rings is 1. The van der Waals surface area contributed by atoms with Crippen LogP contribution in [0.25, 0.3) is 17.0 Å². The number of aryl methyl sites for hydroxylation is 2. The topological polar surface area (TPSA) is 85.1 Å². The first-order chi connectivity index (χ1) is 12.9. The summed E-state index contributed by atoms with van der Waals surface area (Å²) in [7, 11) is 0. The number of nitrogens with one attached hydrogen (secondary N) is 1. The first kappa shape index (κ1) is 17.5. The van der Waals surface area contributed by atoms with E-state index in [4.69, 9.17) is 11.6 Å². The average Bonchev–Trinajstić information content (AvgIpc) is 3.22. The summed E-state index contributed by atoms with van der Waals surface area (Å²) in [5.74, 6) is -0.573. The van der Waals surface area contributed by atoms with Gasteiger partial charge < -0.3 is 0 Å². The van der Waals surface area contributed by atoms with Gasteiger partial charge in [-0.05, 0) is 38.1 Å². The number of halogens is 2. The lowest BCUT2D eigenvalue weighted by atomic mass is 10.2. The molecule has 0 fully saturated rings. The van der Waals surface area contributed by atoms with Crippen LogP contribution in [0.1, 0.15) is 22.0 Å². The van der Waals surface area contributed by atoms with Crippen molar-refractivity contribution in [2.75, 3.05) is 5.32 Å². The maximum atomic E-state index is 13.2. The number of carbonyl (C=O) groups is 1. The Balaban J connectivity index is 1.59. The molecular formula is C17H12ClFN6OS. The maximum Gasteiger partial charge on any atom is 0.297 e. The third kappa shape index (κ3) is 3.38. The van der Waals surface area contributed by atoms with E-state index in [0.717, 1.165) is 11.4 Å². The van der Waals surface area contributed by atoms with Crippen LogP contribution in [0.2, 0.25) is 5.02 Å². The number of amides is 1. The van der Waals surface area contributed by atoms with Crippen molar-refractivity contribution in [3.8, 4) is 11.3 Å². The molecule has 4 aromatic rings. The number of hydrogen-bond donors (Lipinski definition) is 1. The Hall–Kier alpha value is -2.91. The minimum absolute atomic E-state index is 0.00670. The van der Waals surface area contributed by atoms with Gasteiger partial charge in [0.2, 0.25) is 5.82 Å². The highest BCUT2D eigenvalue weighted by molar-refractivity contribution is 7.14. The number of aromatic nitrogens is 5. The normalized spacial score (nSPS) is 11.1. The Morgan fingerprint density at radius 2 is 2.04 bits per heavy atom. The van der Waals surface area contributed by atoms with Crippen LogP contribution in [0.3, 0.4) is 0 Å². The molecule has 0 atom stereocenters. The number of anilines is 1. The van der Waals surface area contributed by atoms with E-state index in [-0.39, 0.29) is 10.8 Å². The summed E-state index contributed by atoms with van der Waals surface area (Å²) < 4.78 is 14.7. The van der Waals surface area contributed by atoms with Gasteiger partial charge in [-0.25, -0.2) is 18.9 Å². The van der Waals surface area contributed by atoms with E-state index in [2.05, 4.69) is 25.4 Å². The number of carbonyl (C=O) groups excluding carboxylic acids is 1. The van der Waals surface area contributed by atoms with Gasteiger partial charge in [0.25, 0.3) is 11.7 Å². The maximum absolute atomic E-state index is 13.2. The van der Waals surface area contributed by atoms with Crippen LogP contribution in [0.15, 0.2) is 29.6 Å². The van der Waals surface area contributed by atoms with Gasteiger partial charge in [0.1, 0.15) is 5.82 Å². The van der Waals surface area contributed by atoms with E-state index >= 15 is 0 Å². The van der Waals surface area contributed by atoms with E-state index < -0.39 is 11.7 Å². The predicted molar refractivity (Wildman–Crippen MR) is 101 cm³/mol. The summed E-state index contributed by atoms with van der Waals surface area (Å²) in [6.07, 6.45) is 0. The second-order valence-electron chi connectivity index (χ2n) is 5.80. The molecule has 1 N–H and O–H groups in total. The molecule has 136 valence electrons. The van der Waals surface area contributed by atoms with Crippen molar-refractivity contribution >= 4 is 39.8 Å². The second-order valence-corrected chi connectivity index (χ2v) is 7.07. The van der Waals surface area contributed by atoms with Crippen molar-refractivity contribution in [2.45, 2.75) is 13.8 Å². The molecule has 0 saturated carbocycles. The smallest absolute Gasteiger partial charge is 0.295 e. The minimum atomic E-state index is -0.497. The van der Waals surface area contributed by atoms with Gasteiger partial charge in [0.05, 0.1) is 10.7 Å². The minimum Gasteiger partial charge on any atom is -0.295 e. The van der Waals surface area contributed by atoms with Crippen LogP contribution < -0.4 is 5.32 Å². The Morgan fingerprint density at radius 1 is 1.22 bits per heavy atom. The van der Waals surface area contributed by atoms with E-state index in [1.54, 1.807) is 11.4 Å². The summed E-state index contributed by atoms with van der Waals surface area (Å²) in [5, 5.41) is 9.17. The standard InChI is InChI=1S/C17H12ClFN6OS/c1-8-5-9(2)25-16(20-8)22-14(24-25)15(26)23-17-21-13(7-27-17)11-4-3-10(19)6-12(11)18/h3-7H,1-2H3,(H,21,23,26). The largest absolute Gasteiger partial charge is 0.297 e. The van der Waals surface area contributed by atoms with Crippen LogP contribution in [0, 0.1) is 19.7 Å². The molecule has 27 heavy (non-hydrogen) atoms. The van der Waals surface area contributed by atoms with Gasteiger partial charge in [0, 0.05) is 22.3 Å². The highest BCUT2D eigenvalue weighted by Gasteiger charge is 2.17. The fourth-order valence-electron chi connectivity index (χ4n) is 2.57. The van der Waals surface area contributed by atoms with Gasteiger partial charge in [-0.3, -0.25) is 10.1 Å². The Morgan fingerprint density at radius 3 is 2.81 bits per heavy atom. The lowest BCUT2D eigenvalue weighted by molar-refractivity contribution is 0.101. The summed E-state index contributed by atoms with van der Waals surface area (Å²) in [6, 6.07) is 5.91. The number of nitrogens with zero attached hydrogens (tertiary/aromatic N) is 5. The number of thiazole rings is 1. The van der Waals surface area contributed by atoms with Crippen LogP contribution in [-0.4, -0.2) is 30.5 Å². The highest BCUT2D eigenvalue weighted by Crippen LogP contribution is 2.31. The van der Waals surface area contributed by atoms with Gasteiger partial charge in [-0.15, -0.1) is 16.4 Å². The van der Waals surface area contributed by atoms with Crippen molar-refractivity contribution in [1.29, 1.82) is 0 Å². The summed E-state index contributed by atoms with van der Waals surface area (Å²) in [4.78, 5) is 25.2. The van der Waals surface area contributed by atoms with Gasteiger partial charge >= 0.3 is 0 Å². The van der Waals surface area contributed by atoms with E-state index in [0.29, 0.717) is 22.2 Å². The summed E-state index contributed by atoms with van der Waals surface area (Å²) in [6.45, 7) is 3.71. The molecule has 0 radical (unpaired) electrons. The molecule has 0 aliphatic carbocycles. The highest BCUT2D eigenvalue weighted by atomic mass is 35.5. The van der Waals surface area contributed by atoms with Gasteiger partial charge in [0.15, 0.2) is 5.13 Å². The SMILES string of the molecule is Cc1cc(C)n2nc(C(=O)Nc3nc(-c4ccc(F)cc4Cl)cs3)nc2n1. The third-order valence-electron chi connectivity index (χ3n) is 3.75. The van der Waals surface area contributed by atoms with E-state index in [9.17, 15) is 9.18 Å². The Labute approximate surface area is 161 Å². The van der Waals surface area contributed by atoms with Crippen LogP contribution in [0.4, 0.5) is 9.52 Å². The molecule has 3 aromatic heterocycles. The fourth-order valence-corrected chi connectivity index (χ4v) is 3.54. The monoisotopic (exact) mass is 402 g/mol. The number of rotatable bonds is 3. The van der Waals surface area contributed by atoms with Crippen molar-refractivity contribution in [3.63, 3.8) is 0 Å². The zero-order chi connectivity index (χ0) is 19.1. The molecule has 3 heterocycles. The Bertz CT molecular complexity index is 1190. The molecule has 0 saturated heterocycles. The van der Waals surface area contributed by atoms with Gasteiger partial charge in [-0.2, -0.15) is 4.98 Å². The molecule has 0 spiro atoms.